The highest BCUT2D eigenvalue weighted by atomic mass is 15.0. The molecule has 0 radical (unpaired) electrons. The molecule has 0 aliphatic carbocycles. The van der Waals surface area contributed by atoms with Gasteiger partial charge in [0.05, 0.1) is 11.0 Å². The van der Waals surface area contributed by atoms with Gasteiger partial charge in [-0.3, -0.25) is 0 Å². The molecular formula is C31H23N. The summed E-state index contributed by atoms with van der Waals surface area (Å²) in [6.45, 7) is 2.16. The van der Waals surface area contributed by atoms with E-state index in [4.69, 9.17) is 0 Å². The number of aromatic nitrogens is 1. The quantitative estimate of drug-likeness (QED) is 0.276. The Balaban J connectivity index is 1.82. The molecule has 0 unspecified atom stereocenters. The van der Waals surface area contributed by atoms with E-state index in [1.807, 2.05) is 0 Å². The summed E-state index contributed by atoms with van der Waals surface area (Å²) in [4.78, 5) is 0. The highest BCUT2D eigenvalue weighted by Crippen LogP contribution is 2.41. The maximum atomic E-state index is 2.45. The lowest BCUT2D eigenvalue weighted by atomic mass is 9.99. The summed E-state index contributed by atoms with van der Waals surface area (Å²) in [6.07, 6.45) is 0. The maximum Gasteiger partial charge on any atom is 0.0619 e. The van der Waals surface area contributed by atoms with Crippen LogP contribution in [0.4, 0.5) is 0 Å². The highest BCUT2D eigenvalue weighted by Gasteiger charge is 2.19. The van der Waals surface area contributed by atoms with E-state index < -0.39 is 0 Å². The number of fused-ring (bicyclic) bond motifs is 3. The molecule has 0 N–H and O–H groups in total. The largest absolute Gasteiger partial charge is 0.308 e. The Labute approximate surface area is 188 Å². The van der Waals surface area contributed by atoms with Gasteiger partial charge in [-0.15, -0.1) is 0 Å². The lowest BCUT2D eigenvalue weighted by Crippen LogP contribution is -1.96. The first-order valence-electron chi connectivity index (χ1n) is 11.1. The monoisotopic (exact) mass is 409 g/mol. The number of rotatable bonds is 3. The van der Waals surface area contributed by atoms with Crippen LogP contribution in [0.5, 0.6) is 0 Å². The summed E-state index contributed by atoms with van der Waals surface area (Å²) in [7, 11) is 0. The van der Waals surface area contributed by atoms with Gasteiger partial charge in [0.2, 0.25) is 0 Å². The molecule has 1 aromatic heterocycles. The van der Waals surface area contributed by atoms with Crippen LogP contribution in [0.2, 0.25) is 0 Å². The van der Waals surface area contributed by atoms with Gasteiger partial charge >= 0.3 is 0 Å². The van der Waals surface area contributed by atoms with E-state index in [1.165, 1.54) is 55.3 Å². The molecule has 0 saturated heterocycles. The first-order chi connectivity index (χ1) is 15.8. The van der Waals surface area contributed by atoms with Gasteiger partial charge in [-0.2, -0.15) is 0 Å². The van der Waals surface area contributed by atoms with E-state index in [9.17, 15) is 0 Å². The lowest BCUT2D eigenvalue weighted by Gasteiger charge is -2.14. The van der Waals surface area contributed by atoms with Crippen molar-refractivity contribution < 1.29 is 0 Å². The van der Waals surface area contributed by atoms with Gasteiger partial charge in [0.25, 0.3) is 0 Å². The van der Waals surface area contributed by atoms with Crippen molar-refractivity contribution >= 4 is 21.8 Å². The minimum Gasteiger partial charge on any atom is -0.308 e. The van der Waals surface area contributed by atoms with Crippen molar-refractivity contribution in [2.45, 2.75) is 6.92 Å². The molecule has 5 aromatic carbocycles. The number of hydrogen-bond acceptors (Lipinski definition) is 0. The molecule has 6 aromatic rings. The summed E-state index contributed by atoms with van der Waals surface area (Å²) < 4.78 is 2.45. The number of aryl methyl sites for hydroxylation is 1. The van der Waals surface area contributed by atoms with Crippen molar-refractivity contribution in [3.05, 3.63) is 127 Å². The molecule has 1 heterocycles. The third-order valence-electron chi connectivity index (χ3n) is 6.24. The second-order valence-corrected chi connectivity index (χ2v) is 8.31. The molecule has 1 heteroatoms. The smallest absolute Gasteiger partial charge is 0.0619 e. The lowest BCUT2D eigenvalue weighted by molar-refractivity contribution is 1.18. The van der Waals surface area contributed by atoms with Gasteiger partial charge in [-0.05, 0) is 30.2 Å². The van der Waals surface area contributed by atoms with Gasteiger partial charge < -0.3 is 4.57 Å². The zero-order chi connectivity index (χ0) is 21.5. The molecule has 0 amide bonds. The van der Waals surface area contributed by atoms with E-state index in [2.05, 4.69) is 133 Å². The summed E-state index contributed by atoms with van der Waals surface area (Å²) >= 11 is 0. The van der Waals surface area contributed by atoms with Crippen molar-refractivity contribution in [2.24, 2.45) is 0 Å². The third kappa shape index (κ3) is 2.94. The highest BCUT2D eigenvalue weighted by molar-refractivity contribution is 6.17. The second-order valence-electron chi connectivity index (χ2n) is 8.31. The Morgan fingerprint density at radius 2 is 1.00 bits per heavy atom. The van der Waals surface area contributed by atoms with Gasteiger partial charge in [0.1, 0.15) is 0 Å². The van der Waals surface area contributed by atoms with Crippen molar-refractivity contribution in [3.8, 4) is 27.9 Å². The summed E-state index contributed by atoms with van der Waals surface area (Å²) in [5, 5.41) is 2.56. The molecule has 0 saturated carbocycles. The number of para-hydroxylation sites is 3. The molecule has 0 atom stereocenters. The van der Waals surface area contributed by atoms with E-state index in [0.29, 0.717) is 0 Å². The maximum absolute atomic E-state index is 2.45. The molecule has 0 aliphatic heterocycles. The van der Waals surface area contributed by atoms with Crippen LogP contribution in [0.25, 0.3) is 49.7 Å². The van der Waals surface area contributed by atoms with Gasteiger partial charge in [-0.25, -0.2) is 0 Å². The van der Waals surface area contributed by atoms with Crippen LogP contribution in [-0.4, -0.2) is 4.57 Å². The fourth-order valence-corrected chi connectivity index (χ4v) is 4.85. The Bertz CT molecular complexity index is 1560. The van der Waals surface area contributed by atoms with Crippen molar-refractivity contribution in [2.75, 3.05) is 0 Å². The first kappa shape index (κ1) is 18.7. The molecule has 0 bridgehead atoms. The number of nitrogens with zero attached hydrogens (tertiary/aromatic N) is 1. The first-order valence-corrected chi connectivity index (χ1v) is 11.1. The summed E-state index contributed by atoms with van der Waals surface area (Å²) in [6, 6.07) is 43.6. The normalized spacial score (nSPS) is 11.3. The topological polar surface area (TPSA) is 4.93 Å². The standard InChI is InChI=1S/C31H23N/c1-22-11-8-14-24(21-22)27-18-10-20-29-28-19-9-17-26(23-12-4-2-5-13-23)30(28)32(31(27)29)25-15-6-3-7-16-25/h2-21H,1H3. The zero-order valence-corrected chi connectivity index (χ0v) is 18.0. The predicted octanol–water partition coefficient (Wildman–Crippen LogP) is 8.43. The molecule has 6 rings (SSSR count). The Morgan fingerprint density at radius 1 is 0.469 bits per heavy atom. The summed E-state index contributed by atoms with van der Waals surface area (Å²) in [5.74, 6) is 0. The van der Waals surface area contributed by atoms with Gasteiger partial charge in [-0.1, -0.05) is 115 Å². The Morgan fingerprint density at radius 3 is 1.62 bits per heavy atom. The van der Waals surface area contributed by atoms with Crippen LogP contribution in [0, 0.1) is 6.92 Å². The minimum atomic E-state index is 1.18. The van der Waals surface area contributed by atoms with E-state index >= 15 is 0 Å². The molecular weight excluding hydrogens is 386 g/mol. The molecule has 0 fully saturated rings. The van der Waals surface area contributed by atoms with Gasteiger partial charge in [0.15, 0.2) is 0 Å². The zero-order valence-electron chi connectivity index (χ0n) is 18.0. The Hall–Kier alpha value is -4.10. The summed E-state index contributed by atoms with van der Waals surface area (Å²) in [5.41, 5.74) is 9.93. The van der Waals surface area contributed by atoms with Crippen LogP contribution in [0.15, 0.2) is 121 Å². The van der Waals surface area contributed by atoms with E-state index in [1.54, 1.807) is 0 Å². The number of benzene rings is 5. The number of hydrogen-bond donors (Lipinski definition) is 0. The van der Waals surface area contributed by atoms with Crippen LogP contribution < -0.4 is 0 Å². The fourth-order valence-electron chi connectivity index (χ4n) is 4.85. The predicted molar refractivity (Wildman–Crippen MR) is 136 cm³/mol. The molecule has 32 heavy (non-hydrogen) atoms. The van der Waals surface area contributed by atoms with Gasteiger partial charge in [0, 0.05) is 27.6 Å². The minimum absolute atomic E-state index is 1.18. The van der Waals surface area contributed by atoms with E-state index in [0.717, 1.165) is 0 Å². The van der Waals surface area contributed by atoms with Crippen molar-refractivity contribution in [1.29, 1.82) is 0 Å². The molecule has 1 nitrogen and oxygen atoms in total. The molecule has 0 aliphatic rings. The average molecular weight is 410 g/mol. The second kappa shape index (κ2) is 7.55. The van der Waals surface area contributed by atoms with Crippen LogP contribution in [-0.2, 0) is 0 Å². The van der Waals surface area contributed by atoms with Crippen molar-refractivity contribution in [3.63, 3.8) is 0 Å². The van der Waals surface area contributed by atoms with Crippen LogP contribution in [0.3, 0.4) is 0 Å². The molecule has 0 spiro atoms. The van der Waals surface area contributed by atoms with E-state index in [-0.39, 0.29) is 0 Å². The van der Waals surface area contributed by atoms with Crippen LogP contribution in [0.1, 0.15) is 5.56 Å². The van der Waals surface area contributed by atoms with Crippen LogP contribution >= 0.6 is 0 Å². The Kier molecular flexibility index (Phi) is 4.40. The fraction of sp³-hybridized carbons (Fsp3) is 0.0323. The average Bonchev–Trinajstić information content (AvgIpc) is 3.20. The SMILES string of the molecule is Cc1cccc(-c2cccc3c4cccc(-c5ccccc5)c4n(-c4ccccc4)c23)c1. The van der Waals surface area contributed by atoms with Crippen molar-refractivity contribution in [1.82, 2.24) is 4.57 Å². The third-order valence-corrected chi connectivity index (χ3v) is 6.24. The molecule has 152 valence electrons.